The second-order valence-corrected chi connectivity index (χ2v) is 5.06. The number of nitrogens with two attached hydrogens (primary N) is 1. The number of rotatable bonds is 6. The molecular weight excluding hydrogens is 290 g/mol. The Hall–Kier alpha value is -2.04. The van der Waals surface area contributed by atoms with Crippen molar-refractivity contribution in [2.45, 2.75) is 12.3 Å². The zero-order chi connectivity index (χ0) is 15.2. The van der Waals surface area contributed by atoms with Gasteiger partial charge in [0, 0.05) is 10.9 Å². The van der Waals surface area contributed by atoms with E-state index < -0.39 is 5.97 Å². The number of para-hydroxylation sites is 1. The average Bonchev–Trinajstić information content (AvgIpc) is 2.46. The normalized spacial score (nSPS) is 11.9. The molecule has 110 valence electrons. The second-order valence-electron chi connectivity index (χ2n) is 4.63. The van der Waals surface area contributed by atoms with E-state index in [2.05, 4.69) is 0 Å². The molecule has 0 saturated heterocycles. The molecule has 0 aromatic heterocycles. The van der Waals surface area contributed by atoms with Crippen LogP contribution in [0.2, 0.25) is 5.02 Å². The molecule has 0 radical (unpaired) electrons. The summed E-state index contributed by atoms with van der Waals surface area (Å²) in [6, 6.07) is 14.4. The zero-order valence-corrected chi connectivity index (χ0v) is 12.1. The number of aliphatic carboxylic acids is 1. The zero-order valence-electron chi connectivity index (χ0n) is 11.3. The summed E-state index contributed by atoms with van der Waals surface area (Å²) in [7, 11) is 0. The maximum Gasteiger partial charge on any atom is 0.304 e. The Balaban J connectivity index is 2.34. The third kappa shape index (κ3) is 4.21. The van der Waals surface area contributed by atoms with Crippen molar-refractivity contribution in [1.29, 1.82) is 0 Å². The minimum atomic E-state index is -0.897. The van der Waals surface area contributed by atoms with Gasteiger partial charge >= 0.3 is 5.97 Å². The fourth-order valence-electron chi connectivity index (χ4n) is 2.08. The summed E-state index contributed by atoms with van der Waals surface area (Å²) in [6.45, 7) is 0.221. The Bertz CT molecular complexity index is 616. The van der Waals surface area contributed by atoms with Gasteiger partial charge in [0.25, 0.3) is 0 Å². The molecule has 3 N–H and O–H groups in total. The number of hydrogen-bond acceptors (Lipinski definition) is 3. The van der Waals surface area contributed by atoms with Gasteiger partial charge in [0.1, 0.15) is 11.5 Å². The number of carboxylic acid groups (broad SMARTS) is 1. The second kappa shape index (κ2) is 7.11. The van der Waals surface area contributed by atoms with Crippen LogP contribution >= 0.6 is 11.6 Å². The van der Waals surface area contributed by atoms with E-state index in [1.54, 1.807) is 18.2 Å². The minimum absolute atomic E-state index is 0.0523. The van der Waals surface area contributed by atoms with E-state index >= 15 is 0 Å². The van der Waals surface area contributed by atoms with E-state index in [4.69, 9.17) is 27.2 Å². The van der Waals surface area contributed by atoms with Crippen LogP contribution in [-0.2, 0) is 4.79 Å². The third-order valence-corrected chi connectivity index (χ3v) is 3.33. The molecule has 0 amide bonds. The fraction of sp³-hybridized carbons (Fsp3) is 0.188. The molecule has 0 aliphatic heterocycles. The lowest BCUT2D eigenvalue weighted by Gasteiger charge is -2.18. The molecule has 2 rings (SSSR count). The molecule has 0 saturated carbocycles. The van der Waals surface area contributed by atoms with Gasteiger partial charge in [0.05, 0.1) is 6.42 Å². The van der Waals surface area contributed by atoms with Gasteiger partial charge in [0.15, 0.2) is 0 Å². The predicted molar refractivity (Wildman–Crippen MR) is 82.0 cm³/mol. The monoisotopic (exact) mass is 305 g/mol. The number of carboxylic acids is 1. The Morgan fingerprint density at radius 3 is 2.57 bits per heavy atom. The van der Waals surface area contributed by atoms with E-state index in [1.807, 2.05) is 30.3 Å². The molecule has 1 atom stereocenters. The predicted octanol–water partition coefficient (Wildman–Crippen LogP) is 3.65. The Morgan fingerprint density at radius 1 is 1.24 bits per heavy atom. The Labute approximate surface area is 128 Å². The lowest BCUT2D eigenvalue weighted by atomic mass is 9.95. The molecule has 0 aliphatic rings. The van der Waals surface area contributed by atoms with Crippen molar-refractivity contribution in [2.24, 2.45) is 5.73 Å². The van der Waals surface area contributed by atoms with E-state index in [9.17, 15) is 4.79 Å². The number of carbonyl (C=O) groups is 1. The third-order valence-electron chi connectivity index (χ3n) is 3.09. The molecule has 0 fully saturated rings. The summed E-state index contributed by atoms with van der Waals surface area (Å²) >= 11 is 6.01. The summed E-state index contributed by atoms with van der Waals surface area (Å²) < 4.78 is 5.82. The highest BCUT2D eigenvalue weighted by Crippen LogP contribution is 2.34. The standard InChI is InChI=1S/C16H16ClNO3/c17-12-6-7-14(11(10-18)8-16(19)20)15(9-12)21-13-4-2-1-3-5-13/h1-7,9,11H,8,10,18H2,(H,19,20)/t11-/m0/s1. The number of hydrogen-bond donors (Lipinski definition) is 2. The first-order chi connectivity index (χ1) is 10.1. The molecule has 0 unspecified atom stereocenters. The maximum atomic E-state index is 11.0. The number of benzene rings is 2. The molecule has 0 heterocycles. The topological polar surface area (TPSA) is 72.6 Å². The Kier molecular flexibility index (Phi) is 5.20. The largest absolute Gasteiger partial charge is 0.481 e. The average molecular weight is 306 g/mol. The molecule has 5 heteroatoms. The van der Waals surface area contributed by atoms with Gasteiger partial charge in [-0.25, -0.2) is 0 Å². The van der Waals surface area contributed by atoms with Crippen molar-refractivity contribution in [2.75, 3.05) is 6.54 Å². The highest BCUT2D eigenvalue weighted by Gasteiger charge is 2.19. The van der Waals surface area contributed by atoms with E-state index in [1.165, 1.54) is 0 Å². The van der Waals surface area contributed by atoms with Crippen LogP contribution < -0.4 is 10.5 Å². The van der Waals surface area contributed by atoms with Crippen LogP contribution in [-0.4, -0.2) is 17.6 Å². The summed E-state index contributed by atoms with van der Waals surface area (Å²) in [5.41, 5.74) is 6.45. The lowest BCUT2D eigenvalue weighted by Crippen LogP contribution is -2.17. The van der Waals surface area contributed by atoms with E-state index in [0.717, 1.165) is 5.56 Å². The van der Waals surface area contributed by atoms with Crippen LogP contribution in [0.3, 0.4) is 0 Å². The highest BCUT2D eigenvalue weighted by molar-refractivity contribution is 6.30. The SMILES string of the molecule is NC[C@H](CC(=O)O)c1ccc(Cl)cc1Oc1ccccc1. The van der Waals surface area contributed by atoms with Gasteiger partial charge in [-0.15, -0.1) is 0 Å². The van der Waals surface area contributed by atoms with Crippen molar-refractivity contribution < 1.29 is 14.6 Å². The van der Waals surface area contributed by atoms with Gasteiger partial charge in [-0.3, -0.25) is 4.79 Å². The molecule has 21 heavy (non-hydrogen) atoms. The van der Waals surface area contributed by atoms with Crippen LogP contribution in [0.5, 0.6) is 11.5 Å². The van der Waals surface area contributed by atoms with Gasteiger partial charge in [-0.05, 0) is 36.4 Å². The summed E-state index contributed by atoms with van der Waals surface area (Å²) in [6.07, 6.45) is -0.0523. The summed E-state index contributed by atoms with van der Waals surface area (Å²) in [4.78, 5) is 11.0. The van der Waals surface area contributed by atoms with E-state index in [0.29, 0.717) is 16.5 Å². The molecule has 0 bridgehead atoms. The van der Waals surface area contributed by atoms with Crippen LogP contribution in [0.1, 0.15) is 17.9 Å². The maximum absolute atomic E-state index is 11.0. The van der Waals surface area contributed by atoms with Crippen molar-refractivity contribution in [1.82, 2.24) is 0 Å². The highest BCUT2D eigenvalue weighted by atomic mass is 35.5. The summed E-state index contributed by atoms with van der Waals surface area (Å²) in [5, 5.41) is 9.51. The summed E-state index contributed by atoms with van der Waals surface area (Å²) in [5.74, 6) is -0.0259. The first kappa shape index (κ1) is 15.4. The van der Waals surface area contributed by atoms with Gasteiger partial charge < -0.3 is 15.6 Å². The lowest BCUT2D eigenvalue weighted by molar-refractivity contribution is -0.137. The first-order valence-corrected chi connectivity index (χ1v) is 6.92. The van der Waals surface area contributed by atoms with Crippen LogP contribution in [0, 0.1) is 0 Å². The smallest absolute Gasteiger partial charge is 0.304 e. The molecule has 2 aromatic carbocycles. The Morgan fingerprint density at radius 2 is 1.95 bits per heavy atom. The van der Waals surface area contributed by atoms with Gasteiger partial charge in [0.2, 0.25) is 0 Å². The molecule has 0 spiro atoms. The number of halogens is 1. The number of ether oxygens (including phenoxy) is 1. The van der Waals surface area contributed by atoms with Crippen molar-refractivity contribution in [3.63, 3.8) is 0 Å². The first-order valence-electron chi connectivity index (χ1n) is 6.54. The fourth-order valence-corrected chi connectivity index (χ4v) is 2.24. The van der Waals surface area contributed by atoms with Gasteiger partial charge in [-0.2, -0.15) is 0 Å². The van der Waals surface area contributed by atoms with Crippen LogP contribution in [0.15, 0.2) is 48.5 Å². The van der Waals surface area contributed by atoms with Crippen LogP contribution in [0.4, 0.5) is 0 Å². The van der Waals surface area contributed by atoms with E-state index in [-0.39, 0.29) is 18.9 Å². The van der Waals surface area contributed by atoms with Gasteiger partial charge in [-0.1, -0.05) is 35.9 Å². The molecule has 4 nitrogen and oxygen atoms in total. The molecule has 2 aromatic rings. The van der Waals surface area contributed by atoms with Crippen molar-refractivity contribution in [3.05, 3.63) is 59.1 Å². The van der Waals surface area contributed by atoms with Crippen molar-refractivity contribution >= 4 is 17.6 Å². The van der Waals surface area contributed by atoms with Crippen LogP contribution in [0.25, 0.3) is 0 Å². The quantitative estimate of drug-likeness (QED) is 0.854. The van der Waals surface area contributed by atoms with Crippen molar-refractivity contribution in [3.8, 4) is 11.5 Å². The molecular formula is C16H16ClNO3. The minimum Gasteiger partial charge on any atom is -0.481 e. The molecule has 0 aliphatic carbocycles.